The summed E-state index contributed by atoms with van der Waals surface area (Å²) in [4.78, 5) is 0.398. The maximum atomic E-state index is 12.0. The standard InChI is InChI=1S/C11H10N2O2S/c1-7-2-3-10-9(4-7)11-8(5-12-13-11)6-16(10,14)15/h2-5H,6H2,1H3,(H,12,13). The molecule has 0 saturated heterocycles. The molecule has 1 aromatic carbocycles. The Balaban J connectivity index is 2.43. The van der Waals surface area contributed by atoms with Crippen molar-refractivity contribution in [3.05, 3.63) is 35.5 Å². The number of hydrogen-bond donors (Lipinski definition) is 1. The summed E-state index contributed by atoms with van der Waals surface area (Å²) in [6, 6.07) is 5.37. The van der Waals surface area contributed by atoms with Crippen LogP contribution in [0.5, 0.6) is 0 Å². The number of aromatic amines is 1. The second kappa shape index (κ2) is 2.95. The molecule has 0 amide bonds. The van der Waals surface area contributed by atoms with Crippen LogP contribution in [0, 0.1) is 6.92 Å². The van der Waals surface area contributed by atoms with Crippen LogP contribution in [0.2, 0.25) is 0 Å². The minimum absolute atomic E-state index is 0.0366. The molecular weight excluding hydrogens is 224 g/mol. The topological polar surface area (TPSA) is 62.8 Å². The summed E-state index contributed by atoms with van der Waals surface area (Å²) in [5.74, 6) is 0.0366. The predicted octanol–water partition coefficient (Wildman–Crippen LogP) is 1.67. The molecule has 1 N–H and O–H groups in total. The maximum Gasteiger partial charge on any atom is 0.183 e. The van der Waals surface area contributed by atoms with Gasteiger partial charge in [0.25, 0.3) is 0 Å². The fourth-order valence-electron chi connectivity index (χ4n) is 2.05. The molecule has 4 nitrogen and oxygen atoms in total. The summed E-state index contributed by atoms with van der Waals surface area (Å²) < 4.78 is 24.0. The first kappa shape index (κ1) is 9.59. The lowest BCUT2D eigenvalue weighted by atomic mass is 10.1. The number of sulfone groups is 1. The third-order valence-electron chi connectivity index (χ3n) is 2.80. The fourth-order valence-corrected chi connectivity index (χ4v) is 3.60. The Kier molecular flexibility index (Phi) is 1.77. The van der Waals surface area contributed by atoms with Gasteiger partial charge in [0, 0.05) is 11.1 Å². The molecule has 82 valence electrons. The number of nitrogens with one attached hydrogen (secondary N) is 1. The van der Waals surface area contributed by atoms with Crippen LogP contribution in [-0.2, 0) is 15.6 Å². The molecule has 0 unspecified atom stereocenters. The summed E-state index contributed by atoms with van der Waals surface area (Å²) >= 11 is 0. The third kappa shape index (κ3) is 1.21. The highest BCUT2D eigenvalue weighted by molar-refractivity contribution is 7.90. The summed E-state index contributed by atoms with van der Waals surface area (Å²) in [5.41, 5.74) is 3.35. The second-order valence-corrected chi connectivity index (χ2v) is 5.99. The molecule has 1 aliphatic rings. The first-order chi connectivity index (χ1) is 7.58. The number of hydrogen-bond acceptors (Lipinski definition) is 3. The van der Waals surface area contributed by atoms with Crippen LogP contribution >= 0.6 is 0 Å². The lowest BCUT2D eigenvalue weighted by Gasteiger charge is -2.16. The number of benzene rings is 1. The van der Waals surface area contributed by atoms with Crippen molar-refractivity contribution in [3.8, 4) is 11.3 Å². The largest absolute Gasteiger partial charge is 0.277 e. The van der Waals surface area contributed by atoms with E-state index in [2.05, 4.69) is 10.2 Å². The van der Waals surface area contributed by atoms with Crippen molar-refractivity contribution >= 4 is 9.84 Å². The van der Waals surface area contributed by atoms with Crippen LogP contribution in [-0.4, -0.2) is 18.6 Å². The van der Waals surface area contributed by atoms with E-state index in [0.29, 0.717) is 4.90 Å². The summed E-state index contributed by atoms with van der Waals surface area (Å²) in [6.45, 7) is 1.94. The van der Waals surface area contributed by atoms with Crippen molar-refractivity contribution < 1.29 is 8.42 Å². The average Bonchev–Trinajstić information content (AvgIpc) is 2.64. The molecule has 0 bridgehead atoms. The molecule has 0 radical (unpaired) electrons. The van der Waals surface area contributed by atoms with Gasteiger partial charge in [0.15, 0.2) is 9.84 Å². The van der Waals surface area contributed by atoms with Gasteiger partial charge >= 0.3 is 0 Å². The summed E-state index contributed by atoms with van der Waals surface area (Å²) in [6.07, 6.45) is 1.58. The molecule has 5 heteroatoms. The molecule has 2 heterocycles. The highest BCUT2D eigenvalue weighted by Crippen LogP contribution is 2.36. The van der Waals surface area contributed by atoms with Gasteiger partial charge < -0.3 is 0 Å². The third-order valence-corrected chi connectivity index (χ3v) is 4.52. The minimum Gasteiger partial charge on any atom is -0.277 e. The highest BCUT2D eigenvalue weighted by atomic mass is 32.2. The van der Waals surface area contributed by atoms with E-state index >= 15 is 0 Å². The summed E-state index contributed by atoms with van der Waals surface area (Å²) in [7, 11) is -3.20. The van der Waals surface area contributed by atoms with Crippen molar-refractivity contribution in [1.82, 2.24) is 10.2 Å². The number of aryl methyl sites for hydroxylation is 1. The molecule has 16 heavy (non-hydrogen) atoms. The molecular formula is C11H10N2O2S. The van der Waals surface area contributed by atoms with E-state index in [1.165, 1.54) is 0 Å². The first-order valence-corrected chi connectivity index (χ1v) is 6.59. The Morgan fingerprint density at radius 3 is 3.00 bits per heavy atom. The van der Waals surface area contributed by atoms with Gasteiger partial charge in [-0.15, -0.1) is 0 Å². The summed E-state index contributed by atoms with van der Waals surface area (Å²) in [5, 5.41) is 6.77. The first-order valence-electron chi connectivity index (χ1n) is 4.94. The van der Waals surface area contributed by atoms with Gasteiger partial charge in [-0.05, 0) is 19.1 Å². The molecule has 1 aromatic heterocycles. The fraction of sp³-hybridized carbons (Fsp3) is 0.182. The van der Waals surface area contributed by atoms with E-state index in [1.54, 1.807) is 12.3 Å². The highest BCUT2D eigenvalue weighted by Gasteiger charge is 2.29. The normalized spacial score (nSPS) is 16.6. The van der Waals surface area contributed by atoms with Crippen LogP contribution in [0.15, 0.2) is 29.3 Å². The van der Waals surface area contributed by atoms with Crippen molar-refractivity contribution in [3.63, 3.8) is 0 Å². The van der Waals surface area contributed by atoms with Crippen LogP contribution in [0.3, 0.4) is 0 Å². The van der Waals surface area contributed by atoms with E-state index in [1.807, 2.05) is 19.1 Å². The minimum atomic E-state index is -3.20. The number of nitrogens with zero attached hydrogens (tertiary/aromatic N) is 1. The zero-order chi connectivity index (χ0) is 11.3. The van der Waals surface area contributed by atoms with E-state index < -0.39 is 9.84 Å². The number of aromatic nitrogens is 2. The lowest BCUT2D eigenvalue weighted by molar-refractivity contribution is 0.594. The Morgan fingerprint density at radius 1 is 1.38 bits per heavy atom. The van der Waals surface area contributed by atoms with Crippen LogP contribution in [0.4, 0.5) is 0 Å². The van der Waals surface area contributed by atoms with Gasteiger partial charge in [0.2, 0.25) is 0 Å². The molecule has 0 atom stereocenters. The molecule has 0 spiro atoms. The van der Waals surface area contributed by atoms with Gasteiger partial charge in [-0.1, -0.05) is 11.6 Å². The lowest BCUT2D eigenvalue weighted by Crippen LogP contribution is -2.12. The number of H-pyrrole nitrogens is 1. The second-order valence-electron chi connectivity index (χ2n) is 4.03. The molecule has 0 saturated carbocycles. The zero-order valence-corrected chi connectivity index (χ0v) is 9.50. The van der Waals surface area contributed by atoms with E-state index in [0.717, 1.165) is 22.4 Å². The average molecular weight is 234 g/mol. The van der Waals surface area contributed by atoms with Crippen LogP contribution in [0.25, 0.3) is 11.3 Å². The molecule has 2 aromatic rings. The van der Waals surface area contributed by atoms with Gasteiger partial charge in [0.05, 0.1) is 22.5 Å². The predicted molar refractivity (Wildman–Crippen MR) is 59.7 cm³/mol. The smallest absolute Gasteiger partial charge is 0.183 e. The Hall–Kier alpha value is -1.62. The van der Waals surface area contributed by atoms with E-state index in [-0.39, 0.29) is 5.75 Å². The Bertz CT molecular complexity index is 671. The van der Waals surface area contributed by atoms with Gasteiger partial charge in [-0.3, -0.25) is 5.10 Å². The van der Waals surface area contributed by atoms with Crippen LogP contribution in [0.1, 0.15) is 11.1 Å². The molecule has 0 aliphatic carbocycles. The Labute approximate surface area is 93.2 Å². The zero-order valence-electron chi connectivity index (χ0n) is 8.69. The van der Waals surface area contributed by atoms with Gasteiger partial charge in [-0.2, -0.15) is 5.10 Å². The number of fused-ring (bicyclic) bond motifs is 3. The maximum absolute atomic E-state index is 12.0. The molecule has 1 aliphatic heterocycles. The number of rotatable bonds is 0. The molecule has 3 rings (SSSR count). The van der Waals surface area contributed by atoms with Crippen molar-refractivity contribution in [2.45, 2.75) is 17.6 Å². The Morgan fingerprint density at radius 2 is 2.19 bits per heavy atom. The van der Waals surface area contributed by atoms with Crippen molar-refractivity contribution in [1.29, 1.82) is 0 Å². The monoisotopic (exact) mass is 234 g/mol. The van der Waals surface area contributed by atoms with Gasteiger partial charge in [0.1, 0.15) is 0 Å². The SMILES string of the molecule is Cc1ccc2c(c1)-c1[nH]ncc1CS2(=O)=O. The van der Waals surface area contributed by atoms with Crippen molar-refractivity contribution in [2.75, 3.05) is 0 Å². The van der Waals surface area contributed by atoms with E-state index in [9.17, 15) is 8.42 Å². The quantitative estimate of drug-likeness (QED) is 0.754. The van der Waals surface area contributed by atoms with Crippen LogP contribution < -0.4 is 0 Å². The van der Waals surface area contributed by atoms with Gasteiger partial charge in [-0.25, -0.2) is 8.42 Å². The molecule has 0 fully saturated rings. The van der Waals surface area contributed by atoms with E-state index in [4.69, 9.17) is 0 Å². The van der Waals surface area contributed by atoms with Crippen molar-refractivity contribution in [2.24, 2.45) is 0 Å².